The number of anilines is 1. The number of aromatic nitrogens is 2. The normalized spacial score (nSPS) is 20.8. The summed E-state index contributed by atoms with van der Waals surface area (Å²) in [7, 11) is 1.72. The third kappa shape index (κ3) is 1.40. The van der Waals surface area contributed by atoms with Crippen molar-refractivity contribution in [1.82, 2.24) is 9.97 Å². The number of ether oxygens (including phenoxy) is 1. The quantitative estimate of drug-likeness (QED) is 0.611. The van der Waals surface area contributed by atoms with E-state index in [4.69, 9.17) is 16.3 Å². The van der Waals surface area contributed by atoms with Crippen molar-refractivity contribution in [1.29, 1.82) is 0 Å². The van der Waals surface area contributed by atoms with Gasteiger partial charge in [-0.05, 0) is 11.6 Å². The lowest BCUT2D eigenvalue weighted by Crippen LogP contribution is -2.40. The van der Waals surface area contributed by atoms with E-state index < -0.39 is 6.23 Å². The van der Waals surface area contributed by atoms with Crippen molar-refractivity contribution in [3.05, 3.63) is 11.5 Å². The number of nitrogens with zero attached hydrogens (tertiary/aromatic N) is 3. The van der Waals surface area contributed by atoms with Crippen LogP contribution in [0.2, 0.25) is 5.28 Å². The van der Waals surface area contributed by atoms with Gasteiger partial charge in [0, 0.05) is 7.05 Å². The van der Waals surface area contributed by atoms with Crippen molar-refractivity contribution < 1.29 is 9.84 Å². The fraction of sp³-hybridized carbons (Fsp3) is 0.429. The largest absolute Gasteiger partial charge is 0.483 e. The Labute approximate surface area is 79.9 Å². The van der Waals surface area contributed by atoms with Crippen LogP contribution in [-0.4, -0.2) is 35.0 Å². The third-order valence-corrected chi connectivity index (χ3v) is 2.06. The van der Waals surface area contributed by atoms with Crippen molar-refractivity contribution >= 4 is 17.4 Å². The Hall–Kier alpha value is -1.07. The van der Waals surface area contributed by atoms with E-state index >= 15 is 0 Å². The first-order valence-electron chi connectivity index (χ1n) is 3.74. The molecule has 0 radical (unpaired) electrons. The molecule has 6 heteroatoms. The molecule has 0 spiro atoms. The smallest absolute Gasteiger partial charge is 0.224 e. The monoisotopic (exact) mass is 201 g/mol. The molecular formula is C7H8ClN3O2. The molecule has 1 aliphatic rings. The van der Waals surface area contributed by atoms with Crippen LogP contribution in [0.15, 0.2) is 6.20 Å². The summed E-state index contributed by atoms with van der Waals surface area (Å²) in [4.78, 5) is 9.30. The Morgan fingerprint density at radius 1 is 1.77 bits per heavy atom. The van der Waals surface area contributed by atoms with E-state index in [0.29, 0.717) is 11.6 Å². The molecule has 0 saturated carbocycles. The van der Waals surface area contributed by atoms with Gasteiger partial charge in [-0.2, -0.15) is 4.98 Å². The molecule has 0 unspecified atom stereocenters. The first-order valence-corrected chi connectivity index (χ1v) is 4.12. The lowest BCUT2D eigenvalue weighted by atomic mass is 10.4. The van der Waals surface area contributed by atoms with Crippen molar-refractivity contribution in [2.75, 3.05) is 18.6 Å². The fourth-order valence-corrected chi connectivity index (χ4v) is 1.24. The number of rotatable bonds is 0. The summed E-state index contributed by atoms with van der Waals surface area (Å²) in [5.74, 6) is 1.05. The van der Waals surface area contributed by atoms with E-state index in [1.165, 1.54) is 6.20 Å². The van der Waals surface area contributed by atoms with Crippen LogP contribution in [0.3, 0.4) is 0 Å². The van der Waals surface area contributed by atoms with Gasteiger partial charge in [-0.1, -0.05) is 0 Å². The SMILES string of the molecule is CN1c2nc(Cl)ncc2OC[C@@H]1O. The van der Waals surface area contributed by atoms with Gasteiger partial charge in [0.15, 0.2) is 17.8 Å². The summed E-state index contributed by atoms with van der Waals surface area (Å²) in [6.45, 7) is 0.217. The van der Waals surface area contributed by atoms with Crippen molar-refractivity contribution in [2.45, 2.75) is 6.23 Å². The molecule has 1 aromatic heterocycles. The maximum Gasteiger partial charge on any atom is 0.224 e. The molecule has 0 fully saturated rings. The Balaban J connectivity index is 2.45. The second-order valence-corrected chi connectivity index (χ2v) is 3.07. The Morgan fingerprint density at radius 2 is 2.54 bits per heavy atom. The number of hydrogen-bond donors (Lipinski definition) is 1. The summed E-state index contributed by atoms with van der Waals surface area (Å²) < 4.78 is 5.19. The first-order chi connectivity index (χ1) is 6.18. The molecule has 70 valence electrons. The Bertz CT molecular complexity index is 334. The molecule has 1 N–H and O–H groups in total. The Kier molecular flexibility index (Phi) is 1.97. The molecule has 1 atom stereocenters. The van der Waals surface area contributed by atoms with E-state index in [1.807, 2.05) is 0 Å². The summed E-state index contributed by atoms with van der Waals surface area (Å²) >= 11 is 5.60. The average molecular weight is 202 g/mol. The zero-order chi connectivity index (χ0) is 9.42. The van der Waals surface area contributed by atoms with Gasteiger partial charge in [-0.25, -0.2) is 4.98 Å². The zero-order valence-corrected chi connectivity index (χ0v) is 7.69. The van der Waals surface area contributed by atoms with Crippen LogP contribution in [0.1, 0.15) is 0 Å². The fourth-order valence-electron chi connectivity index (χ4n) is 1.11. The summed E-state index contributed by atoms with van der Waals surface area (Å²) in [5.41, 5.74) is 0. The van der Waals surface area contributed by atoms with E-state index in [-0.39, 0.29) is 11.9 Å². The van der Waals surface area contributed by atoms with E-state index in [2.05, 4.69) is 9.97 Å². The molecule has 1 aromatic rings. The molecule has 0 saturated heterocycles. The number of hydrogen-bond acceptors (Lipinski definition) is 5. The topological polar surface area (TPSA) is 58.5 Å². The van der Waals surface area contributed by atoms with Gasteiger partial charge < -0.3 is 14.7 Å². The van der Waals surface area contributed by atoms with Gasteiger partial charge in [0.05, 0.1) is 6.20 Å². The molecular weight excluding hydrogens is 194 g/mol. The second-order valence-electron chi connectivity index (χ2n) is 2.73. The molecule has 0 amide bonds. The Morgan fingerprint density at radius 3 is 3.31 bits per heavy atom. The number of aliphatic hydroxyl groups is 1. The van der Waals surface area contributed by atoms with Gasteiger partial charge in [-0.3, -0.25) is 0 Å². The highest BCUT2D eigenvalue weighted by molar-refractivity contribution is 6.28. The predicted molar refractivity (Wildman–Crippen MR) is 46.9 cm³/mol. The number of fused-ring (bicyclic) bond motifs is 1. The summed E-state index contributed by atoms with van der Waals surface area (Å²) in [6, 6.07) is 0. The lowest BCUT2D eigenvalue weighted by Gasteiger charge is -2.30. The molecule has 0 aliphatic carbocycles. The van der Waals surface area contributed by atoms with Crippen LogP contribution in [0.25, 0.3) is 0 Å². The van der Waals surface area contributed by atoms with Crippen LogP contribution in [0, 0.1) is 0 Å². The number of likely N-dealkylation sites (N-methyl/N-ethyl adjacent to an activating group) is 1. The van der Waals surface area contributed by atoms with E-state index in [1.54, 1.807) is 11.9 Å². The van der Waals surface area contributed by atoms with Gasteiger partial charge in [0.1, 0.15) is 6.61 Å². The third-order valence-electron chi connectivity index (χ3n) is 1.88. The minimum absolute atomic E-state index is 0.142. The van der Waals surface area contributed by atoms with Crippen LogP contribution >= 0.6 is 11.6 Å². The first kappa shape index (κ1) is 8.52. The van der Waals surface area contributed by atoms with Crippen molar-refractivity contribution in [2.24, 2.45) is 0 Å². The molecule has 13 heavy (non-hydrogen) atoms. The van der Waals surface area contributed by atoms with E-state index in [0.717, 1.165) is 0 Å². The highest BCUT2D eigenvalue weighted by Gasteiger charge is 2.24. The van der Waals surface area contributed by atoms with E-state index in [9.17, 15) is 5.11 Å². The molecule has 2 heterocycles. The molecule has 1 aliphatic heterocycles. The minimum Gasteiger partial charge on any atom is -0.483 e. The second kappa shape index (κ2) is 3.01. The van der Waals surface area contributed by atoms with Gasteiger partial charge in [0.25, 0.3) is 0 Å². The number of aliphatic hydroxyl groups excluding tert-OH is 1. The molecule has 0 bridgehead atoms. The van der Waals surface area contributed by atoms with Gasteiger partial charge in [0.2, 0.25) is 5.28 Å². The van der Waals surface area contributed by atoms with Gasteiger partial charge in [-0.15, -0.1) is 0 Å². The minimum atomic E-state index is -0.682. The molecule has 2 rings (SSSR count). The molecule has 0 aromatic carbocycles. The van der Waals surface area contributed by atoms with Crippen molar-refractivity contribution in [3.8, 4) is 5.75 Å². The summed E-state index contributed by atoms with van der Waals surface area (Å²) in [6.07, 6.45) is 0.811. The summed E-state index contributed by atoms with van der Waals surface area (Å²) in [5, 5.41) is 9.55. The maximum absolute atomic E-state index is 9.41. The molecule has 5 nitrogen and oxygen atoms in total. The highest BCUT2D eigenvalue weighted by Crippen LogP contribution is 2.29. The van der Waals surface area contributed by atoms with Crippen LogP contribution in [0.4, 0.5) is 5.82 Å². The van der Waals surface area contributed by atoms with Gasteiger partial charge >= 0.3 is 0 Å². The predicted octanol–water partition coefficient (Wildman–Crippen LogP) is 0.277. The highest BCUT2D eigenvalue weighted by atomic mass is 35.5. The maximum atomic E-state index is 9.41. The van der Waals surface area contributed by atoms with Crippen LogP contribution in [-0.2, 0) is 0 Å². The van der Waals surface area contributed by atoms with Crippen molar-refractivity contribution in [3.63, 3.8) is 0 Å². The zero-order valence-electron chi connectivity index (χ0n) is 6.94. The van der Waals surface area contributed by atoms with Crippen LogP contribution in [0.5, 0.6) is 5.75 Å². The average Bonchev–Trinajstić information content (AvgIpc) is 2.12. The van der Waals surface area contributed by atoms with Crippen LogP contribution < -0.4 is 9.64 Å². The standard InChI is InChI=1S/C7H8ClN3O2/c1-11-5(12)3-13-4-2-9-7(8)10-6(4)11/h2,5,12H,3H2,1H3/t5-/m0/s1. The lowest BCUT2D eigenvalue weighted by molar-refractivity contribution is 0.0939. The number of halogens is 1.